The predicted octanol–water partition coefficient (Wildman–Crippen LogP) is -0.459. The second-order valence-electron chi connectivity index (χ2n) is 6.39. The van der Waals surface area contributed by atoms with E-state index in [1.165, 1.54) is 27.4 Å². The lowest BCUT2D eigenvalue weighted by molar-refractivity contribution is -0.858. The van der Waals surface area contributed by atoms with Crippen molar-refractivity contribution in [1.82, 2.24) is 14.5 Å². The molecule has 1 fully saturated rings. The molecule has 0 spiro atoms. The van der Waals surface area contributed by atoms with E-state index in [1.807, 2.05) is 4.90 Å². The van der Waals surface area contributed by atoms with Gasteiger partial charge in [0.2, 0.25) is 10.0 Å². The van der Waals surface area contributed by atoms with Crippen molar-refractivity contribution in [1.29, 1.82) is 0 Å². The summed E-state index contributed by atoms with van der Waals surface area (Å²) in [5.74, 6) is -0.551. The molecule has 0 amide bonds. The number of nitrogens with one attached hydrogen (secondary N) is 2. The number of benzene rings is 1. The normalized spacial score (nSPS) is 16.2. The Bertz CT molecular complexity index is 689. The van der Waals surface area contributed by atoms with Crippen molar-refractivity contribution in [2.75, 3.05) is 53.4 Å². The molecule has 9 heteroatoms. The summed E-state index contributed by atoms with van der Waals surface area (Å²) in [6, 6.07) is 5.12. The van der Waals surface area contributed by atoms with Crippen LogP contribution >= 0.6 is 12.2 Å². The number of sulfonamides is 1. The van der Waals surface area contributed by atoms with Gasteiger partial charge in [-0.25, -0.2) is 12.8 Å². The van der Waals surface area contributed by atoms with Gasteiger partial charge in [-0.3, -0.25) is 0 Å². The minimum absolute atomic E-state index is 0.00663. The molecular weight excluding hydrogens is 363 g/mol. The Kier molecular flexibility index (Phi) is 7.12. The quantitative estimate of drug-likeness (QED) is 0.510. The number of rotatable bonds is 6. The van der Waals surface area contributed by atoms with Crippen molar-refractivity contribution in [2.45, 2.75) is 11.3 Å². The van der Waals surface area contributed by atoms with Crippen molar-refractivity contribution >= 4 is 27.4 Å². The van der Waals surface area contributed by atoms with Gasteiger partial charge in [0.15, 0.2) is 5.11 Å². The summed E-state index contributed by atoms with van der Waals surface area (Å²) in [4.78, 5) is 3.37. The second-order valence-corrected chi connectivity index (χ2v) is 8.72. The fourth-order valence-electron chi connectivity index (χ4n) is 2.66. The zero-order chi connectivity index (χ0) is 18.4. The van der Waals surface area contributed by atoms with Crippen molar-refractivity contribution < 1.29 is 17.7 Å². The van der Waals surface area contributed by atoms with Crippen LogP contribution in [0.3, 0.4) is 0 Å². The van der Waals surface area contributed by atoms with Gasteiger partial charge < -0.3 is 15.1 Å². The van der Waals surface area contributed by atoms with Crippen LogP contribution in [0.25, 0.3) is 0 Å². The molecule has 0 unspecified atom stereocenters. The summed E-state index contributed by atoms with van der Waals surface area (Å²) in [5, 5.41) is 3.89. The minimum Gasteiger partial charge on any atom is -0.362 e. The first kappa shape index (κ1) is 20.0. The molecule has 0 saturated carbocycles. The van der Waals surface area contributed by atoms with E-state index in [-0.39, 0.29) is 4.90 Å². The van der Waals surface area contributed by atoms with Gasteiger partial charge >= 0.3 is 0 Å². The molecule has 0 atom stereocenters. The molecule has 0 aromatic heterocycles. The average molecular weight is 390 g/mol. The molecule has 6 nitrogen and oxygen atoms in total. The molecule has 1 heterocycles. The van der Waals surface area contributed by atoms with Crippen LogP contribution in [0.1, 0.15) is 6.42 Å². The number of thiocarbonyl (C=S) groups is 1. The maximum absolute atomic E-state index is 13.3. The summed E-state index contributed by atoms with van der Waals surface area (Å²) in [6.07, 6.45) is 1.02. The largest absolute Gasteiger partial charge is 0.362 e. The maximum atomic E-state index is 13.3. The lowest BCUT2D eigenvalue weighted by Gasteiger charge is -2.35. The molecule has 25 heavy (non-hydrogen) atoms. The highest BCUT2D eigenvalue weighted by molar-refractivity contribution is 7.89. The third-order valence-corrected chi connectivity index (χ3v) is 6.39. The van der Waals surface area contributed by atoms with Gasteiger partial charge in [-0.2, -0.15) is 4.31 Å². The third kappa shape index (κ3) is 5.60. The van der Waals surface area contributed by atoms with E-state index < -0.39 is 15.8 Å². The Morgan fingerprint density at radius 1 is 1.28 bits per heavy atom. The van der Waals surface area contributed by atoms with Gasteiger partial charge in [0.05, 0.1) is 25.5 Å². The minimum atomic E-state index is -3.66. The Labute approximate surface area is 154 Å². The SMILES string of the molecule is C[NH+](C)CCCNC(=S)N1CCN(S(=O)(=O)c2cccc(F)c2)CC1. The molecule has 0 radical (unpaired) electrons. The van der Waals surface area contributed by atoms with Crippen LogP contribution in [0, 0.1) is 5.82 Å². The van der Waals surface area contributed by atoms with Crippen molar-refractivity contribution in [3.63, 3.8) is 0 Å². The Morgan fingerprint density at radius 3 is 2.56 bits per heavy atom. The molecule has 140 valence electrons. The highest BCUT2D eigenvalue weighted by atomic mass is 32.2. The van der Waals surface area contributed by atoms with E-state index in [4.69, 9.17) is 12.2 Å². The first-order chi connectivity index (χ1) is 11.8. The molecule has 2 rings (SSSR count). The highest BCUT2D eigenvalue weighted by Gasteiger charge is 2.29. The highest BCUT2D eigenvalue weighted by Crippen LogP contribution is 2.18. The van der Waals surface area contributed by atoms with E-state index in [2.05, 4.69) is 19.4 Å². The smallest absolute Gasteiger partial charge is 0.243 e. The van der Waals surface area contributed by atoms with Crippen LogP contribution in [0.5, 0.6) is 0 Å². The number of quaternary nitrogens is 1. The molecule has 1 saturated heterocycles. The second kappa shape index (κ2) is 8.88. The molecule has 1 aliphatic heterocycles. The Morgan fingerprint density at radius 2 is 1.96 bits per heavy atom. The van der Waals surface area contributed by atoms with Gasteiger partial charge in [0, 0.05) is 39.1 Å². The van der Waals surface area contributed by atoms with Gasteiger partial charge in [0.25, 0.3) is 0 Å². The monoisotopic (exact) mass is 389 g/mol. The predicted molar refractivity (Wildman–Crippen MR) is 99.6 cm³/mol. The van der Waals surface area contributed by atoms with Crippen molar-refractivity contribution in [2.24, 2.45) is 0 Å². The fourth-order valence-corrected chi connectivity index (χ4v) is 4.40. The van der Waals surface area contributed by atoms with E-state index in [0.717, 1.165) is 25.6 Å². The van der Waals surface area contributed by atoms with Crippen LogP contribution in [0.2, 0.25) is 0 Å². The molecule has 1 aromatic carbocycles. The van der Waals surface area contributed by atoms with Gasteiger partial charge in [-0.1, -0.05) is 6.07 Å². The molecular formula is C16H26FN4O2S2+. The first-order valence-corrected chi connectivity index (χ1v) is 10.2. The zero-order valence-corrected chi connectivity index (χ0v) is 16.3. The standard InChI is InChI=1S/C16H25FN4O2S2/c1-19(2)8-4-7-18-16(24)20-9-11-21(12-10-20)25(22,23)15-6-3-5-14(17)13-15/h3,5-6,13H,4,7-12H2,1-2H3,(H,18,24)/p+1. The zero-order valence-electron chi connectivity index (χ0n) is 14.7. The molecule has 1 aromatic rings. The molecule has 0 aliphatic carbocycles. The summed E-state index contributed by atoms with van der Waals surface area (Å²) < 4.78 is 39.9. The Hall–Kier alpha value is -1.29. The van der Waals surface area contributed by atoms with Gasteiger partial charge in [0.1, 0.15) is 5.82 Å². The Balaban J connectivity index is 1.85. The van der Waals surface area contributed by atoms with Crippen LogP contribution in [0.15, 0.2) is 29.2 Å². The fraction of sp³-hybridized carbons (Fsp3) is 0.562. The van der Waals surface area contributed by atoms with Crippen LogP contribution in [-0.2, 0) is 10.0 Å². The molecule has 0 bridgehead atoms. The van der Waals surface area contributed by atoms with Gasteiger partial charge in [-0.05, 0) is 30.4 Å². The summed E-state index contributed by atoms with van der Waals surface area (Å²) in [6.45, 7) is 3.60. The van der Waals surface area contributed by atoms with E-state index in [9.17, 15) is 12.8 Å². The topological polar surface area (TPSA) is 57.1 Å². The van der Waals surface area contributed by atoms with Crippen molar-refractivity contribution in [3.05, 3.63) is 30.1 Å². The van der Waals surface area contributed by atoms with Gasteiger partial charge in [-0.15, -0.1) is 0 Å². The number of halogens is 1. The number of piperazine rings is 1. The number of hydrogen-bond donors (Lipinski definition) is 2. The van der Waals surface area contributed by atoms with E-state index >= 15 is 0 Å². The lowest BCUT2D eigenvalue weighted by Crippen LogP contribution is -3.05. The summed E-state index contributed by atoms with van der Waals surface area (Å²) in [5.41, 5.74) is 0. The van der Waals surface area contributed by atoms with Crippen LogP contribution in [0.4, 0.5) is 4.39 Å². The average Bonchev–Trinajstić information content (AvgIpc) is 2.58. The van der Waals surface area contributed by atoms with E-state index in [1.54, 1.807) is 0 Å². The van der Waals surface area contributed by atoms with Crippen molar-refractivity contribution in [3.8, 4) is 0 Å². The third-order valence-electron chi connectivity index (χ3n) is 4.09. The van der Waals surface area contributed by atoms with Crippen LogP contribution < -0.4 is 10.2 Å². The lowest BCUT2D eigenvalue weighted by atomic mass is 10.3. The van der Waals surface area contributed by atoms with E-state index in [0.29, 0.717) is 31.3 Å². The summed E-state index contributed by atoms with van der Waals surface area (Å²) >= 11 is 5.39. The summed E-state index contributed by atoms with van der Waals surface area (Å²) in [7, 11) is 0.552. The molecule has 2 N–H and O–H groups in total. The maximum Gasteiger partial charge on any atom is 0.243 e. The molecule has 1 aliphatic rings. The number of hydrogen-bond acceptors (Lipinski definition) is 3. The van der Waals surface area contributed by atoms with Crippen LogP contribution in [-0.4, -0.2) is 76.1 Å². The first-order valence-electron chi connectivity index (χ1n) is 8.38. The number of nitrogens with zero attached hydrogens (tertiary/aromatic N) is 2.